The van der Waals surface area contributed by atoms with Gasteiger partial charge in [-0.05, 0) is 84.7 Å². The molecule has 0 unspecified atom stereocenters. The summed E-state index contributed by atoms with van der Waals surface area (Å²) in [4.78, 5) is 51.6. The number of amides is 5. The number of barbiturate groups is 1. The van der Waals surface area contributed by atoms with Crippen LogP contribution in [0.4, 0.5) is 16.2 Å². The summed E-state index contributed by atoms with van der Waals surface area (Å²) in [7, 11) is 0. The summed E-state index contributed by atoms with van der Waals surface area (Å²) in [5.41, 5.74) is 3.23. The Balaban J connectivity index is 1.57. The van der Waals surface area contributed by atoms with Gasteiger partial charge in [0.25, 0.3) is 17.7 Å². The molecule has 1 aliphatic rings. The van der Waals surface area contributed by atoms with Crippen LogP contribution in [0.1, 0.15) is 23.6 Å². The minimum absolute atomic E-state index is 0.226. The predicted octanol–water partition coefficient (Wildman–Crippen LogP) is 5.15. The highest BCUT2D eigenvalue weighted by Gasteiger charge is 2.36. The van der Waals surface area contributed by atoms with Gasteiger partial charge in [-0.25, -0.2) is 9.69 Å². The van der Waals surface area contributed by atoms with Gasteiger partial charge in [-0.2, -0.15) is 0 Å². The molecule has 0 aliphatic carbocycles. The summed E-state index contributed by atoms with van der Waals surface area (Å²) < 4.78 is 11.9. The maximum absolute atomic E-state index is 13.2. The summed E-state index contributed by atoms with van der Waals surface area (Å²) in [6.07, 6.45) is 1.37. The van der Waals surface area contributed by atoms with Crippen molar-refractivity contribution in [1.82, 2.24) is 5.32 Å². The molecule has 0 radical (unpaired) electrons. The second kappa shape index (κ2) is 12.0. The summed E-state index contributed by atoms with van der Waals surface area (Å²) in [6, 6.07) is 16.5. The van der Waals surface area contributed by atoms with Crippen molar-refractivity contribution in [1.29, 1.82) is 0 Å². The van der Waals surface area contributed by atoms with Gasteiger partial charge < -0.3 is 14.8 Å². The average Bonchev–Trinajstić information content (AvgIpc) is 2.88. The molecule has 1 heterocycles. The van der Waals surface area contributed by atoms with Crippen molar-refractivity contribution in [3.05, 3.63) is 87.4 Å². The third kappa shape index (κ3) is 6.53. The number of anilines is 2. The quantitative estimate of drug-likeness (QED) is 0.277. The first-order chi connectivity index (χ1) is 18.7. The van der Waals surface area contributed by atoms with Crippen molar-refractivity contribution >= 4 is 57.1 Å². The number of rotatable bonds is 8. The fourth-order valence-corrected chi connectivity index (χ4v) is 4.37. The van der Waals surface area contributed by atoms with Gasteiger partial charge >= 0.3 is 6.03 Å². The molecule has 1 saturated heterocycles. The van der Waals surface area contributed by atoms with Crippen molar-refractivity contribution in [2.75, 3.05) is 23.4 Å². The minimum atomic E-state index is -0.824. The second-order valence-corrected chi connectivity index (χ2v) is 9.61. The van der Waals surface area contributed by atoms with Crippen LogP contribution in [0.15, 0.2) is 70.7 Å². The lowest BCUT2D eigenvalue weighted by Crippen LogP contribution is -2.54. The number of carbonyl (C=O) groups excluding carboxylic acids is 4. The Morgan fingerprint density at radius 2 is 1.62 bits per heavy atom. The molecule has 0 bridgehead atoms. The topological polar surface area (TPSA) is 114 Å². The van der Waals surface area contributed by atoms with Gasteiger partial charge in [-0.3, -0.25) is 19.7 Å². The second-order valence-electron chi connectivity index (χ2n) is 8.76. The first-order valence-corrected chi connectivity index (χ1v) is 12.9. The predicted molar refractivity (Wildman–Crippen MR) is 151 cm³/mol. The van der Waals surface area contributed by atoms with E-state index in [1.165, 1.54) is 6.08 Å². The van der Waals surface area contributed by atoms with E-state index < -0.39 is 17.8 Å². The van der Waals surface area contributed by atoms with Crippen molar-refractivity contribution in [2.24, 2.45) is 0 Å². The number of imide groups is 2. The number of hydrogen-bond acceptors (Lipinski definition) is 6. The molecule has 39 heavy (non-hydrogen) atoms. The molecule has 10 heteroatoms. The molecule has 5 amide bonds. The molecule has 1 aliphatic heterocycles. The molecule has 0 spiro atoms. The molecule has 4 rings (SSSR count). The van der Waals surface area contributed by atoms with E-state index in [9.17, 15) is 19.2 Å². The highest BCUT2D eigenvalue weighted by atomic mass is 79.9. The number of ether oxygens (including phenoxy) is 2. The minimum Gasteiger partial charge on any atom is -0.490 e. The van der Waals surface area contributed by atoms with Crippen LogP contribution < -0.4 is 25.0 Å². The maximum Gasteiger partial charge on any atom is 0.335 e. The Bertz CT molecular complexity index is 1470. The first-order valence-electron chi connectivity index (χ1n) is 12.1. The van der Waals surface area contributed by atoms with E-state index >= 15 is 0 Å². The Kier molecular flexibility index (Phi) is 8.46. The molecule has 9 nitrogen and oxygen atoms in total. The van der Waals surface area contributed by atoms with Crippen LogP contribution in [0.2, 0.25) is 0 Å². The molecule has 2 N–H and O–H groups in total. The van der Waals surface area contributed by atoms with Crippen LogP contribution >= 0.6 is 15.9 Å². The standard InChI is InChI=1S/C29H26BrN3O6/c1-4-38-24-15-19(14-23(30)26(24)39-16-25(34)31-20-9-5-17(2)6-10-20)13-22-27(35)32-29(37)33(28(22)36)21-11-7-18(3)8-12-21/h5-15H,4,16H2,1-3H3,(H,31,34)(H,32,35,37)/b22-13+. The SMILES string of the molecule is CCOc1cc(/C=C2\C(=O)NC(=O)N(c3ccc(C)cc3)C2=O)cc(Br)c1OCC(=O)Nc1ccc(C)cc1. The summed E-state index contributed by atoms with van der Waals surface area (Å²) in [6.45, 7) is 5.65. The van der Waals surface area contributed by atoms with E-state index in [0.717, 1.165) is 16.0 Å². The molecule has 0 saturated carbocycles. The molecule has 3 aromatic carbocycles. The Labute approximate surface area is 233 Å². The molecular formula is C29H26BrN3O6. The molecule has 3 aromatic rings. The Morgan fingerprint density at radius 1 is 0.974 bits per heavy atom. The van der Waals surface area contributed by atoms with Crippen LogP contribution in [0, 0.1) is 13.8 Å². The van der Waals surface area contributed by atoms with Gasteiger partial charge in [0.2, 0.25) is 0 Å². The lowest BCUT2D eigenvalue weighted by atomic mass is 10.1. The smallest absolute Gasteiger partial charge is 0.335 e. The van der Waals surface area contributed by atoms with Crippen molar-refractivity contribution < 1.29 is 28.7 Å². The van der Waals surface area contributed by atoms with Crippen molar-refractivity contribution in [3.8, 4) is 11.5 Å². The number of hydrogen-bond donors (Lipinski definition) is 2. The van der Waals surface area contributed by atoms with E-state index in [-0.39, 0.29) is 23.8 Å². The normalized spacial score (nSPS) is 14.3. The van der Waals surface area contributed by atoms with Gasteiger partial charge in [0, 0.05) is 5.69 Å². The number of carbonyl (C=O) groups is 4. The van der Waals surface area contributed by atoms with E-state index in [0.29, 0.717) is 33.8 Å². The van der Waals surface area contributed by atoms with Crippen LogP contribution in [-0.4, -0.2) is 37.0 Å². The molecular weight excluding hydrogens is 566 g/mol. The third-order valence-corrected chi connectivity index (χ3v) is 6.31. The molecule has 0 aromatic heterocycles. The van der Waals surface area contributed by atoms with E-state index in [1.807, 2.05) is 26.0 Å². The van der Waals surface area contributed by atoms with E-state index in [4.69, 9.17) is 9.47 Å². The van der Waals surface area contributed by atoms with E-state index in [2.05, 4.69) is 26.6 Å². The van der Waals surface area contributed by atoms with Gasteiger partial charge in [-0.1, -0.05) is 35.4 Å². The third-order valence-electron chi connectivity index (χ3n) is 5.72. The van der Waals surface area contributed by atoms with Gasteiger partial charge in [0.05, 0.1) is 16.8 Å². The van der Waals surface area contributed by atoms with E-state index in [1.54, 1.807) is 55.5 Å². The number of halogens is 1. The largest absolute Gasteiger partial charge is 0.490 e. The molecule has 200 valence electrons. The van der Waals surface area contributed by atoms with Gasteiger partial charge in [0.15, 0.2) is 18.1 Å². The molecule has 1 fully saturated rings. The highest BCUT2D eigenvalue weighted by Crippen LogP contribution is 2.38. The summed E-state index contributed by atoms with van der Waals surface area (Å²) in [5, 5.41) is 4.98. The number of nitrogens with zero attached hydrogens (tertiary/aromatic N) is 1. The maximum atomic E-state index is 13.2. The zero-order chi connectivity index (χ0) is 28.1. The Morgan fingerprint density at radius 3 is 2.26 bits per heavy atom. The summed E-state index contributed by atoms with van der Waals surface area (Å²) >= 11 is 3.44. The van der Waals surface area contributed by atoms with Gasteiger partial charge in [0.1, 0.15) is 5.57 Å². The number of benzene rings is 3. The van der Waals surface area contributed by atoms with Crippen LogP contribution in [-0.2, 0) is 14.4 Å². The first kappa shape index (κ1) is 27.6. The number of nitrogens with one attached hydrogen (secondary N) is 2. The molecule has 0 atom stereocenters. The highest BCUT2D eigenvalue weighted by molar-refractivity contribution is 9.10. The number of urea groups is 1. The Hall–Kier alpha value is -4.44. The number of aryl methyl sites for hydroxylation is 2. The lowest BCUT2D eigenvalue weighted by molar-refractivity contribution is -0.122. The van der Waals surface area contributed by atoms with Crippen LogP contribution in [0.3, 0.4) is 0 Å². The average molecular weight is 592 g/mol. The lowest BCUT2D eigenvalue weighted by Gasteiger charge is -2.26. The zero-order valence-corrected chi connectivity index (χ0v) is 23.1. The summed E-state index contributed by atoms with van der Waals surface area (Å²) in [5.74, 6) is -1.33. The van der Waals surface area contributed by atoms with Crippen LogP contribution in [0.5, 0.6) is 11.5 Å². The monoisotopic (exact) mass is 591 g/mol. The fraction of sp³-hybridized carbons (Fsp3) is 0.172. The van der Waals surface area contributed by atoms with Crippen LogP contribution in [0.25, 0.3) is 6.08 Å². The van der Waals surface area contributed by atoms with Crippen molar-refractivity contribution in [3.63, 3.8) is 0 Å². The zero-order valence-electron chi connectivity index (χ0n) is 21.5. The van der Waals surface area contributed by atoms with Gasteiger partial charge in [-0.15, -0.1) is 0 Å². The fourth-order valence-electron chi connectivity index (χ4n) is 3.80. The van der Waals surface area contributed by atoms with Crippen molar-refractivity contribution in [2.45, 2.75) is 20.8 Å².